The van der Waals surface area contributed by atoms with Crippen LogP contribution in [0.15, 0.2) is 12.2 Å². The molecule has 0 saturated carbocycles. The van der Waals surface area contributed by atoms with Crippen LogP contribution in [0.3, 0.4) is 0 Å². The van der Waals surface area contributed by atoms with Gasteiger partial charge >= 0.3 is 5.97 Å². The Hall–Kier alpha value is -0.870. The molecule has 0 aliphatic carbocycles. The van der Waals surface area contributed by atoms with Crippen molar-refractivity contribution in [3.8, 4) is 0 Å². The molecule has 1 unspecified atom stereocenters. The van der Waals surface area contributed by atoms with E-state index in [0.29, 0.717) is 12.1 Å². The second-order valence-corrected chi connectivity index (χ2v) is 2.55. The zero-order valence-electron chi connectivity index (χ0n) is 7.46. The molecule has 0 heterocycles. The normalized spacial score (nSPS) is 12.2. The third-order valence-corrected chi connectivity index (χ3v) is 1.12. The zero-order chi connectivity index (χ0) is 9.56. The van der Waals surface area contributed by atoms with Gasteiger partial charge in [-0.3, -0.25) is 5.32 Å². The first-order valence-electron chi connectivity index (χ1n) is 3.78. The zero-order valence-corrected chi connectivity index (χ0v) is 7.46. The quantitative estimate of drug-likeness (QED) is 0.266. The van der Waals surface area contributed by atoms with E-state index in [1.165, 1.54) is 0 Å². The first-order valence-corrected chi connectivity index (χ1v) is 3.78. The SMILES string of the molecule is C=C(C)C(=O)OCCNC(C)O. The van der Waals surface area contributed by atoms with Gasteiger partial charge < -0.3 is 9.84 Å². The molecule has 0 amide bonds. The second-order valence-electron chi connectivity index (χ2n) is 2.55. The molecule has 0 aromatic rings. The monoisotopic (exact) mass is 173 g/mol. The molecule has 0 bridgehead atoms. The highest BCUT2D eigenvalue weighted by Crippen LogP contribution is 1.90. The van der Waals surface area contributed by atoms with Crippen LogP contribution in [0, 0.1) is 0 Å². The highest BCUT2D eigenvalue weighted by Gasteiger charge is 2.01. The summed E-state index contributed by atoms with van der Waals surface area (Å²) in [6.07, 6.45) is -0.575. The van der Waals surface area contributed by atoms with E-state index in [4.69, 9.17) is 9.84 Å². The van der Waals surface area contributed by atoms with E-state index in [-0.39, 0.29) is 6.61 Å². The van der Waals surface area contributed by atoms with Gasteiger partial charge in [0.25, 0.3) is 0 Å². The van der Waals surface area contributed by atoms with Crippen molar-refractivity contribution in [1.29, 1.82) is 0 Å². The summed E-state index contributed by atoms with van der Waals surface area (Å²) in [5, 5.41) is 11.4. The van der Waals surface area contributed by atoms with Crippen molar-refractivity contribution in [2.24, 2.45) is 0 Å². The fourth-order valence-electron chi connectivity index (χ4n) is 0.535. The largest absolute Gasteiger partial charge is 0.461 e. The molecule has 4 heteroatoms. The van der Waals surface area contributed by atoms with Crippen LogP contribution in [0.2, 0.25) is 0 Å². The highest BCUT2D eigenvalue weighted by atomic mass is 16.5. The molecule has 4 nitrogen and oxygen atoms in total. The van der Waals surface area contributed by atoms with Gasteiger partial charge in [0.15, 0.2) is 0 Å². The average Bonchev–Trinajstić information content (AvgIpc) is 1.97. The molecule has 0 fully saturated rings. The van der Waals surface area contributed by atoms with Crippen molar-refractivity contribution in [3.63, 3.8) is 0 Å². The fraction of sp³-hybridized carbons (Fsp3) is 0.625. The summed E-state index contributed by atoms with van der Waals surface area (Å²) in [4.78, 5) is 10.8. The predicted octanol–water partition coefficient (Wildman–Crippen LogP) is 0.0336. The van der Waals surface area contributed by atoms with Gasteiger partial charge in [-0.1, -0.05) is 6.58 Å². The van der Waals surface area contributed by atoms with Crippen LogP contribution in [-0.2, 0) is 9.53 Å². The Morgan fingerprint density at radius 1 is 1.75 bits per heavy atom. The Morgan fingerprint density at radius 3 is 2.75 bits per heavy atom. The van der Waals surface area contributed by atoms with Gasteiger partial charge in [0.1, 0.15) is 12.8 Å². The Morgan fingerprint density at radius 2 is 2.33 bits per heavy atom. The number of hydrogen-bond acceptors (Lipinski definition) is 4. The van der Waals surface area contributed by atoms with E-state index < -0.39 is 12.2 Å². The number of carbonyl (C=O) groups is 1. The molecule has 0 aromatic carbocycles. The minimum absolute atomic E-state index is 0.247. The molecule has 0 rings (SSSR count). The molecule has 70 valence electrons. The van der Waals surface area contributed by atoms with Crippen LogP contribution in [-0.4, -0.2) is 30.5 Å². The van der Waals surface area contributed by atoms with E-state index in [2.05, 4.69) is 11.9 Å². The number of nitrogens with one attached hydrogen (secondary N) is 1. The summed E-state index contributed by atoms with van der Waals surface area (Å²) in [5.74, 6) is -0.401. The van der Waals surface area contributed by atoms with Crippen molar-refractivity contribution in [3.05, 3.63) is 12.2 Å². The van der Waals surface area contributed by atoms with E-state index in [1.807, 2.05) is 0 Å². The van der Waals surface area contributed by atoms with E-state index in [1.54, 1.807) is 13.8 Å². The van der Waals surface area contributed by atoms with Gasteiger partial charge in [0.05, 0.1) is 0 Å². The number of carbonyl (C=O) groups excluding carboxylic acids is 1. The maximum Gasteiger partial charge on any atom is 0.333 e. The summed E-state index contributed by atoms with van der Waals surface area (Å²) in [5.41, 5.74) is 0.382. The van der Waals surface area contributed by atoms with Crippen LogP contribution >= 0.6 is 0 Å². The number of esters is 1. The summed E-state index contributed by atoms with van der Waals surface area (Å²) in [7, 11) is 0. The summed E-state index contributed by atoms with van der Waals surface area (Å²) >= 11 is 0. The van der Waals surface area contributed by atoms with Crippen molar-refractivity contribution >= 4 is 5.97 Å². The maximum atomic E-state index is 10.8. The highest BCUT2D eigenvalue weighted by molar-refractivity contribution is 5.86. The van der Waals surface area contributed by atoms with Crippen molar-refractivity contribution in [2.45, 2.75) is 20.1 Å². The van der Waals surface area contributed by atoms with Gasteiger partial charge in [-0.15, -0.1) is 0 Å². The fourth-order valence-corrected chi connectivity index (χ4v) is 0.535. The van der Waals surface area contributed by atoms with Crippen molar-refractivity contribution in [1.82, 2.24) is 5.32 Å². The minimum Gasteiger partial charge on any atom is -0.461 e. The summed E-state index contributed by atoms with van der Waals surface area (Å²) in [6, 6.07) is 0. The number of ether oxygens (including phenoxy) is 1. The van der Waals surface area contributed by atoms with E-state index in [0.717, 1.165) is 0 Å². The first-order chi connectivity index (χ1) is 5.54. The number of aliphatic hydroxyl groups is 1. The molecule has 0 aliphatic rings. The number of aliphatic hydroxyl groups excluding tert-OH is 1. The van der Waals surface area contributed by atoms with Crippen molar-refractivity contribution in [2.75, 3.05) is 13.2 Å². The summed E-state index contributed by atoms with van der Waals surface area (Å²) < 4.78 is 4.74. The predicted molar refractivity (Wildman–Crippen MR) is 45.5 cm³/mol. The maximum absolute atomic E-state index is 10.8. The van der Waals surface area contributed by atoms with Crippen LogP contribution in [0.4, 0.5) is 0 Å². The Kier molecular flexibility index (Phi) is 5.32. The Labute approximate surface area is 72.2 Å². The summed E-state index contributed by atoms with van der Waals surface area (Å²) in [6.45, 7) is 7.30. The lowest BCUT2D eigenvalue weighted by Gasteiger charge is -2.07. The molecular formula is C8H15NO3. The van der Waals surface area contributed by atoms with E-state index in [9.17, 15) is 4.79 Å². The third-order valence-electron chi connectivity index (χ3n) is 1.12. The van der Waals surface area contributed by atoms with Gasteiger partial charge in [0, 0.05) is 12.1 Å². The van der Waals surface area contributed by atoms with Crippen LogP contribution in [0.25, 0.3) is 0 Å². The molecular weight excluding hydrogens is 158 g/mol. The number of hydrogen-bond donors (Lipinski definition) is 2. The van der Waals surface area contributed by atoms with Gasteiger partial charge in [-0.05, 0) is 13.8 Å². The van der Waals surface area contributed by atoms with Crippen LogP contribution in [0.1, 0.15) is 13.8 Å². The van der Waals surface area contributed by atoms with Crippen molar-refractivity contribution < 1.29 is 14.6 Å². The Bertz CT molecular complexity index is 166. The molecule has 1 atom stereocenters. The van der Waals surface area contributed by atoms with Crippen LogP contribution in [0.5, 0.6) is 0 Å². The molecule has 2 N–H and O–H groups in total. The van der Waals surface area contributed by atoms with Gasteiger partial charge in [-0.25, -0.2) is 4.79 Å². The topological polar surface area (TPSA) is 58.6 Å². The average molecular weight is 173 g/mol. The number of rotatable bonds is 5. The first kappa shape index (κ1) is 11.1. The molecule has 0 radical (unpaired) electrons. The van der Waals surface area contributed by atoms with Gasteiger partial charge in [-0.2, -0.15) is 0 Å². The molecule has 0 aliphatic heterocycles. The lowest BCUT2D eigenvalue weighted by atomic mass is 10.4. The standard InChI is InChI=1S/C8H15NO3/c1-6(2)8(11)12-5-4-9-7(3)10/h7,9-10H,1,4-5H2,2-3H3. The Balaban J connectivity index is 3.32. The lowest BCUT2D eigenvalue weighted by molar-refractivity contribution is -0.138. The molecule has 12 heavy (non-hydrogen) atoms. The van der Waals surface area contributed by atoms with Gasteiger partial charge in [0.2, 0.25) is 0 Å². The van der Waals surface area contributed by atoms with Crippen LogP contribution < -0.4 is 5.32 Å². The third kappa shape index (κ3) is 5.88. The smallest absolute Gasteiger partial charge is 0.333 e. The molecule has 0 spiro atoms. The second kappa shape index (κ2) is 5.74. The lowest BCUT2D eigenvalue weighted by Crippen LogP contribution is -2.29. The molecule has 0 aromatic heterocycles. The van der Waals surface area contributed by atoms with E-state index >= 15 is 0 Å². The minimum atomic E-state index is -0.575. The molecule has 0 saturated heterocycles.